The van der Waals surface area contributed by atoms with Crippen molar-refractivity contribution in [1.82, 2.24) is 5.32 Å². The van der Waals surface area contributed by atoms with Crippen molar-refractivity contribution in [1.29, 1.82) is 0 Å². The summed E-state index contributed by atoms with van der Waals surface area (Å²) in [5.74, 6) is -2.90. The molecule has 0 spiro atoms. The van der Waals surface area contributed by atoms with Crippen molar-refractivity contribution in [2.24, 2.45) is 0 Å². The number of methoxy groups -OCH3 is 1. The van der Waals surface area contributed by atoms with Crippen LogP contribution in [0.4, 0.5) is 8.78 Å². The van der Waals surface area contributed by atoms with Crippen LogP contribution in [0, 0.1) is 11.6 Å². The zero-order chi connectivity index (χ0) is 11.7. The number of halogens is 2. The van der Waals surface area contributed by atoms with Gasteiger partial charge in [-0.15, -0.1) is 0 Å². The van der Waals surface area contributed by atoms with Gasteiger partial charge >= 0.3 is 0 Å². The first kappa shape index (κ1) is 11.1. The lowest BCUT2D eigenvalue weighted by molar-refractivity contribution is 0.337. The maximum absolute atomic E-state index is 13.5. The lowest BCUT2D eigenvalue weighted by atomic mass is 10.0. The predicted octanol–water partition coefficient (Wildman–Crippen LogP) is 2.10. The van der Waals surface area contributed by atoms with E-state index >= 15 is 0 Å². The van der Waals surface area contributed by atoms with Crippen LogP contribution in [-0.4, -0.2) is 18.8 Å². The fourth-order valence-electron chi connectivity index (χ4n) is 2.01. The first-order valence-corrected chi connectivity index (χ1v) is 5.13. The monoisotopic (exact) mass is 229 g/mol. The summed E-state index contributed by atoms with van der Waals surface area (Å²) >= 11 is 0. The smallest absolute Gasteiger partial charge is 0.209 e. The number of phenolic OH excluding ortho intramolecular Hbond substituents is 1. The Morgan fingerprint density at radius 2 is 2.25 bits per heavy atom. The Hall–Kier alpha value is -1.36. The Labute approximate surface area is 92.0 Å². The fraction of sp³-hybridized carbons (Fsp3) is 0.455. The van der Waals surface area contributed by atoms with Crippen molar-refractivity contribution < 1.29 is 18.6 Å². The summed E-state index contributed by atoms with van der Waals surface area (Å²) in [5, 5.41) is 12.7. The maximum Gasteiger partial charge on any atom is 0.209 e. The molecule has 0 aromatic heterocycles. The largest absolute Gasteiger partial charge is 0.504 e. The SMILES string of the molecule is COc1c(F)cc(C2CCCN2)c(O)c1F. The van der Waals surface area contributed by atoms with Crippen LogP contribution < -0.4 is 10.1 Å². The summed E-state index contributed by atoms with van der Waals surface area (Å²) < 4.78 is 31.5. The number of benzene rings is 1. The van der Waals surface area contributed by atoms with E-state index in [-0.39, 0.29) is 11.6 Å². The number of ether oxygens (including phenoxy) is 1. The molecule has 0 radical (unpaired) electrons. The second-order valence-corrected chi connectivity index (χ2v) is 3.79. The molecular weight excluding hydrogens is 216 g/mol. The van der Waals surface area contributed by atoms with Crippen LogP contribution >= 0.6 is 0 Å². The molecule has 1 aliphatic heterocycles. The lowest BCUT2D eigenvalue weighted by Crippen LogP contribution is -2.14. The average Bonchev–Trinajstić information content (AvgIpc) is 2.77. The van der Waals surface area contributed by atoms with Gasteiger partial charge in [-0.3, -0.25) is 0 Å². The van der Waals surface area contributed by atoms with Crippen molar-refractivity contribution in [3.63, 3.8) is 0 Å². The van der Waals surface area contributed by atoms with E-state index in [1.54, 1.807) is 0 Å². The Kier molecular flexibility index (Phi) is 2.96. The molecule has 1 aromatic rings. The minimum atomic E-state index is -1.04. The van der Waals surface area contributed by atoms with Gasteiger partial charge in [-0.05, 0) is 25.5 Å². The summed E-state index contributed by atoms with van der Waals surface area (Å²) in [6.07, 6.45) is 1.69. The number of phenols is 1. The maximum atomic E-state index is 13.5. The highest BCUT2D eigenvalue weighted by Gasteiger charge is 2.25. The van der Waals surface area contributed by atoms with E-state index in [4.69, 9.17) is 0 Å². The van der Waals surface area contributed by atoms with Gasteiger partial charge in [-0.2, -0.15) is 4.39 Å². The van der Waals surface area contributed by atoms with Crippen LogP contribution in [0.3, 0.4) is 0 Å². The molecule has 2 rings (SSSR count). The quantitative estimate of drug-likeness (QED) is 0.816. The Bertz CT molecular complexity index is 403. The third-order valence-corrected chi connectivity index (χ3v) is 2.82. The summed E-state index contributed by atoms with van der Waals surface area (Å²) in [7, 11) is 1.16. The van der Waals surface area contributed by atoms with Crippen molar-refractivity contribution in [3.8, 4) is 11.5 Å². The van der Waals surface area contributed by atoms with Crippen LogP contribution in [-0.2, 0) is 0 Å². The molecule has 2 N–H and O–H groups in total. The highest BCUT2D eigenvalue weighted by atomic mass is 19.1. The molecule has 1 atom stereocenters. The van der Waals surface area contributed by atoms with Crippen LogP contribution in [0.15, 0.2) is 6.07 Å². The average molecular weight is 229 g/mol. The first-order chi connectivity index (χ1) is 7.65. The highest BCUT2D eigenvalue weighted by molar-refractivity contribution is 5.44. The molecule has 1 fully saturated rings. The van der Waals surface area contributed by atoms with E-state index in [2.05, 4.69) is 10.1 Å². The van der Waals surface area contributed by atoms with Crippen LogP contribution in [0.25, 0.3) is 0 Å². The molecule has 1 unspecified atom stereocenters. The van der Waals surface area contributed by atoms with Crippen molar-refractivity contribution in [2.75, 3.05) is 13.7 Å². The molecule has 5 heteroatoms. The Morgan fingerprint density at radius 3 is 2.81 bits per heavy atom. The molecular formula is C11H13F2NO2. The Morgan fingerprint density at radius 1 is 1.50 bits per heavy atom. The topological polar surface area (TPSA) is 41.5 Å². The second kappa shape index (κ2) is 4.25. The number of rotatable bonds is 2. The van der Waals surface area contributed by atoms with E-state index in [1.807, 2.05) is 0 Å². The van der Waals surface area contributed by atoms with Gasteiger partial charge in [0.2, 0.25) is 5.82 Å². The van der Waals surface area contributed by atoms with E-state index < -0.39 is 23.1 Å². The third kappa shape index (κ3) is 1.71. The molecule has 1 heterocycles. The fourth-order valence-corrected chi connectivity index (χ4v) is 2.01. The van der Waals surface area contributed by atoms with Crippen LogP contribution in [0.5, 0.6) is 11.5 Å². The number of hydrogen-bond donors (Lipinski definition) is 2. The van der Waals surface area contributed by atoms with E-state index in [1.165, 1.54) is 0 Å². The minimum absolute atomic E-state index is 0.185. The minimum Gasteiger partial charge on any atom is -0.504 e. The van der Waals surface area contributed by atoms with Gasteiger partial charge in [0.25, 0.3) is 0 Å². The molecule has 0 amide bonds. The molecule has 0 saturated carbocycles. The number of aromatic hydroxyl groups is 1. The van der Waals surface area contributed by atoms with Crippen molar-refractivity contribution in [3.05, 3.63) is 23.3 Å². The molecule has 0 bridgehead atoms. The molecule has 3 nitrogen and oxygen atoms in total. The zero-order valence-corrected chi connectivity index (χ0v) is 8.89. The van der Waals surface area contributed by atoms with Gasteiger partial charge in [-0.1, -0.05) is 0 Å². The zero-order valence-electron chi connectivity index (χ0n) is 8.89. The second-order valence-electron chi connectivity index (χ2n) is 3.79. The third-order valence-electron chi connectivity index (χ3n) is 2.82. The predicted molar refractivity (Wildman–Crippen MR) is 54.6 cm³/mol. The van der Waals surface area contributed by atoms with Gasteiger partial charge in [-0.25, -0.2) is 4.39 Å². The van der Waals surface area contributed by atoms with Gasteiger partial charge in [0.05, 0.1) is 7.11 Å². The molecule has 1 aliphatic rings. The number of nitrogens with one attached hydrogen (secondary N) is 1. The van der Waals surface area contributed by atoms with E-state index in [9.17, 15) is 13.9 Å². The lowest BCUT2D eigenvalue weighted by Gasteiger charge is -2.15. The van der Waals surface area contributed by atoms with Gasteiger partial charge in [0.1, 0.15) is 0 Å². The van der Waals surface area contributed by atoms with Gasteiger partial charge in [0.15, 0.2) is 17.3 Å². The van der Waals surface area contributed by atoms with Gasteiger partial charge in [0, 0.05) is 11.6 Å². The van der Waals surface area contributed by atoms with Gasteiger partial charge < -0.3 is 15.2 Å². The van der Waals surface area contributed by atoms with E-state index in [0.29, 0.717) is 0 Å². The van der Waals surface area contributed by atoms with Crippen LogP contribution in [0.2, 0.25) is 0 Å². The van der Waals surface area contributed by atoms with E-state index in [0.717, 1.165) is 32.6 Å². The number of hydrogen-bond acceptors (Lipinski definition) is 3. The summed E-state index contributed by atoms with van der Waals surface area (Å²) in [4.78, 5) is 0. The van der Waals surface area contributed by atoms with Crippen molar-refractivity contribution in [2.45, 2.75) is 18.9 Å². The summed E-state index contributed by atoms with van der Waals surface area (Å²) in [6, 6.07) is 0.940. The Balaban J connectivity index is 2.46. The highest BCUT2D eigenvalue weighted by Crippen LogP contribution is 2.37. The normalized spacial score (nSPS) is 20.1. The van der Waals surface area contributed by atoms with Crippen LogP contribution in [0.1, 0.15) is 24.4 Å². The molecule has 1 aromatic carbocycles. The molecule has 16 heavy (non-hydrogen) atoms. The summed E-state index contributed by atoms with van der Waals surface area (Å²) in [5.41, 5.74) is 0.258. The molecule has 0 aliphatic carbocycles. The molecule has 88 valence electrons. The summed E-state index contributed by atoms with van der Waals surface area (Å²) in [6.45, 7) is 0.791. The standard InChI is InChI=1S/C11H13F2NO2/c1-16-11-7(12)5-6(10(15)9(11)13)8-3-2-4-14-8/h5,8,14-15H,2-4H2,1H3. The first-order valence-electron chi connectivity index (χ1n) is 5.13. The molecule has 1 saturated heterocycles. The van der Waals surface area contributed by atoms with Crippen molar-refractivity contribution >= 4 is 0 Å².